The number of nitrogens with one attached hydrogen (secondary N) is 1. The minimum Gasteiger partial charge on any atom is -0.508 e. The van der Waals surface area contributed by atoms with Crippen LogP contribution >= 0.6 is 0 Å². The van der Waals surface area contributed by atoms with Crippen LogP contribution in [0.5, 0.6) is 11.5 Å². The van der Waals surface area contributed by atoms with Gasteiger partial charge in [0.1, 0.15) is 17.1 Å². The van der Waals surface area contributed by atoms with E-state index in [0.29, 0.717) is 11.4 Å². The number of anilines is 2. The molecule has 1 amide bonds. The van der Waals surface area contributed by atoms with Crippen LogP contribution in [0.3, 0.4) is 0 Å². The summed E-state index contributed by atoms with van der Waals surface area (Å²) in [5.41, 5.74) is 5.86. The fraction of sp³-hybridized carbons (Fsp3) is 0.235. The number of aromatic hydroxyl groups is 2. The summed E-state index contributed by atoms with van der Waals surface area (Å²) in [5.74, 6) is 0.313. The van der Waals surface area contributed by atoms with Crippen molar-refractivity contribution in [2.75, 3.05) is 11.1 Å². The molecule has 6 nitrogen and oxygen atoms in total. The van der Waals surface area contributed by atoms with Crippen LogP contribution in [0.4, 0.5) is 16.2 Å². The monoisotopic (exact) mass is 318 g/mol. The summed E-state index contributed by atoms with van der Waals surface area (Å²) in [6, 6.07) is 12.8. The maximum Gasteiger partial charge on any atom is 0.412 e. The number of hydrogen-bond donors (Lipinski definition) is 4. The van der Waals surface area contributed by atoms with Gasteiger partial charge in [0.25, 0.3) is 0 Å². The molecule has 0 aliphatic rings. The summed E-state index contributed by atoms with van der Waals surface area (Å²) in [6.07, 6.45) is -0.534. The Morgan fingerprint density at radius 3 is 2.04 bits per heavy atom. The van der Waals surface area contributed by atoms with Crippen LogP contribution in [0.2, 0.25) is 0 Å². The highest BCUT2D eigenvalue weighted by Gasteiger charge is 2.16. The van der Waals surface area contributed by atoms with Gasteiger partial charge < -0.3 is 20.7 Å². The Bertz CT molecular complexity index is 634. The first-order valence-corrected chi connectivity index (χ1v) is 6.99. The molecule has 0 heterocycles. The zero-order chi connectivity index (χ0) is 17.5. The number of carbonyl (C=O) groups excluding carboxylic acids is 1. The van der Waals surface area contributed by atoms with Crippen LogP contribution in [0.15, 0.2) is 48.5 Å². The van der Waals surface area contributed by atoms with Crippen LogP contribution < -0.4 is 11.1 Å². The molecule has 6 heteroatoms. The number of phenols is 2. The van der Waals surface area contributed by atoms with Crippen molar-refractivity contribution in [2.45, 2.75) is 26.4 Å². The first-order chi connectivity index (χ1) is 10.7. The highest BCUT2D eigenvalue weighted by molar-refractivity contribution is 5.85. The van der Waals surface area contributed by atoms with Gasteiger partial charge >= 0.3 is 6.09 Å². The number of rotatable bonds is 1. The van der Waals surface area contributed by atoms with Crippen molar-refractivity contribution in [3.63, 3.8) is 0 Å². The third kappa shape index (κ3) is 8.21. The molecular formula is C17H22N2O4. The molecule has 0 aliphatic carbocycles. The highest BCUT2D eigenvalue weighted by Crippen LogP contribution is 2.16. The second kappa shape index (κ2) is 7.93. The predicted octanol–water partition coefficient (Wildman–Crippen LogP) is 3.71. The Morgan fingerprint density at radius 1 is 1.04 bits per heavy atom. The molecular weight excluding hydrogens is 296 g/mol. The van der Waals surface area contributed by atoms with Gasteiger partial charge in [-0.3, -0.25) is 5.32 Å². The number of benzene rings is 2. The van der Waals surface area contributed by atoms with E-state index in [1.54, 1.807) is 51.1 Å². The molecule has 23 heavy (non-hydrogen) atoms. The smallest absolute Gasteiger partial charge is 0.412 e. The van der Waals surface area contributed by atoms with E-state index in [9.17, 15) is 4.79 Å². The maximum absolute atomic E-state index is 11.3. The molecule has 124 valence electrons. The second-order valence-electron chi connectivity index (χ2n) is 5.77. The molecule has 0 aromatic heterocycles. The zero-order valence-corrected chi connectivity index (χ0v) is 13.4. The fourth-order valence-corrected chi connectivity index (χ4v) is 1.53. The SMILES string of the molecule is CC(C)(C)OC(=O)Nc1cccc(O)c1.Nc1cccc(O)c1. The average Bonchev–Trinajstić information content (AvgIpc) is 2.36. The van der Waals surface area contributed by atoms with Crippen molar-refractivity contribution < 1.29 is 19.7 Å². The molecule has 5 N–H and O–H groups in total. The van der Waals surface area contributed by atoms with Crippen molar-refractivity contribution >= 4 is 17.5 Å². The molecule has 0 aliphatic heterocycles. The van der Waals surface area contributed by atoms with Crippen molar-refractivity contribution in [2.24, 2.45) is 0 Å². The number of nitrogens with two attached hydrogens (primary N) is 1. The van der Waals surface area contributed by atoms with Crippen LogP contribution in [-0.4, -0.2) is 21.9 Å². The molecule has 0 radical (unpaired) electrons. The van der Waals surface area contributed by atoms with Gasteiger partial charge in [0.05, 0.1) is 0 Å². The number of carbonyl (C=O) groups is 1. The quantitative estimate of drug-likeness (QED) is 0.600. The van der Waals surface area contributed by atoms with Gasteiger partial charge in [-0.2, -0.15) is 0 Å². The summed E-state index contributed by atoms with van der Waals surface area (Å²) in [5, 5.41) is 20.4. The van der Waals surface area contributed by atoms with E-state index in [0.717, 1.165) is 0 Å². The zero-order valence-electron chi connectivity index (χ0n) is 13.4. The predicted molar refractivity (Wildman–Crippen MR) is 90.5 cm³/mol. The molecule has 2 aromatic rings. The fourth-order valence-electron chi connectivity index (χ4n) is 1.53. The number of ether oxygens (including phenoxy) is 1. The van der Waals surface area contributed by atoms with Crippen molar-refractivity contribution in [3.8, 4) is 11.5 Å². The van der Waals surface area contributed by atoms with E-state index in [-0.39, 0.29) is 11.5 Å². The first kappa shape index (κ1) is 18.2. The van der Waals surface area contributed by atoms with Crippen LogP contribution in [0.25, 0.3) is 0 Å². The lowest BCUT2D eigenvalue weighted by atomic mass is 10.2. The van der Waals surface area contributed by atoms with E-state index < -0.39 is 11.7 Å². The molecule has 0 spiro atoms. The van der Waals surface area contributed by atoms with Crippen molar-refractivity contribution in [1.82, 2.24) is 0 Å². The van der Waals surface area contributed by atoms with Gasteiger partial charge in [0.2, 0.25) is 0 Å². The minimum atomic E-state index is -0.534. The number of nitrogen functional groups attached to an aromatic ring is 1. The van der Waals surface area contributed by atoms with Gasteiger partial charge in [-0.1, -0.05) is 12.1 Å². The van der Waals surface area contributed by atoms with Crippen LogP contribution in [-0.2, 0) is 4.74 Å². The third-order valence-electron chi connectivity index (χ3n) is 2.36. The van der Waals surface area contributed by atoms with E-state index in [4.69, 9.17) is 20.7 Å². The normalized spacial score (nSPS) is 10.2. The Morgan fingerprint density at radius 2 is 1.61 bits per heavy atom. The Kier molecular flexibility index (Phi) is 6.26. The molecule has 0 bridgehead atoms. The van der Waals surface area contributed by atoms with E-state index in [2.05, 4.69) is 5.32 Å². The largest absolute Gasteiger partial charge is 0.508 e. The minimum absolute atomic E-state index is 0.101. The van der Waals surface area contributed by atoms with Gasteiger partial charge in [-0.25, -0.2) is 4.79 Å². The second-order valence-corrected chi connectivity index (χ2v) is 5.77. The molecule has 0 unspecified atom stereocenters. The molecule has 0 atom stereocenters. The lowest BCUT2D eigenvalue weighted by Gasteiger charge is -2.19. The average molecular weight is 318 g/mol. The summed E-state index contributed by atoms with van der Waals surface area (Å²) in [6.45, 7) is 5.36. The maximum atomic E-state index is 11.3. The van der Waals surface area contributed by atoms with Gasteiger partial charge in [-0.15, -0.1) is 0 Å². The molecule has 0 saturated heterocycles. The molecule has 2 aromatic carbocycles. The number of hydrogen-bond acceptors (Lipinski definition) is 5. The van der Waals surface area contributed by atoms with Crippen LogP contribution in [0.1, 0.15) is 20.8 Å². The van der Waals surface area contributed by atoms with Crippen molar-refractivity contribution in [1.29, 1.82) is 0 Å². The summed E-state index contributed by atoms with van der Waals surface area (Å²) in [7, 11) is 0. The summed E-state index contributed by atoms with van der Waals surface area (Å²) >= 11 is 0. The Labute approximate surface area is 135 Å². The lowest BCUT2D eigenvalue weighted by molar-refractivity contribution is 0.0636. The van der Waals surface area contributed by atoms with Gasteiger partial charge in [0.15, 0.2) is 0 Å². The van der Waals surface area contributed by atoms with Gasteiger partial charge in [0, 0.05) is 23.5 Å². The number of phenolic OH excluding ortho intramolecular Hbond substituents is 2. The molecule has 0 saturated carbocycles. The van der Waals surface area contributed by atoms with Crippen LogP contribution in [0, 0.1) is 0 Å². The first-order valence-electron chi connectivity index (χ1n) is 6.99. The van der Waals surface area contributed by atoms with E-state index in [1.165, 1.54) is 18.2 Å². The number of amides is 1. The molecule has 2 rings (SSSR count). The standard InChI is InChI=1S/C11H15NO3.C6H7NO/c1-11(2,3)15-10(14)12-8-5-4-6-9(13)7-8;7-5-2-1-3-6(8)4-5/h4-7,13H,1-3H3,(H,12,14);1-4,8H,7H2. The Hall–Kier alpha value is -2.89. The third-order valence-corrected chi connectivity index (χ3v) is 2.36. The summed E-state index contributed by atoms with van der Waals surface area (Å²) in [4.78, 5) is 11.3. The molecule has 0 fully saturated rings. The topological polar surface area (TPSA) is 105 Å². The van der Waals surface area contributed by atoms with E-state index >= 15 is 0 Å². The van der Waals surface area contributed by atoms with Gasteiger partial charge in [-0.05, 0) is 45.0 Å². The lowest BCUT2D eigenvalue weighted by Crippen LogP contribution is -2.27. The summed E-state index contributed by atoms with van der Waals surface area (Å²) < 4.78 is 5.05. The Balaban J connectivity index is 0.000000277. The van der Waals surface area contributed by atoms with Crippen molar-refractivity contribution in [3.05, 3.63) is 48.5 Å². The highest BCUT2D eigenvalue weighted by atomic mass is 16.6. The van der Waals surface area contributed by atoms with E-state index in [1.807, 2.05) is 0 Å².